The van der Waals surface area contributed by atoms with Crippen molar-refractivity contribution in [2.75, 3.05) is 0 Å². The van der Waals surface area contributed by atoms with E-state index in [0.29, 0.717) is 0 Å². The fourth-order valence-corrected chi connectivity index (χ4v) is 0. The molecule has 0 aromatic carbocycles. The Balaban J connectivity index is -0.00000000500. The molecule has 4 heavy (non-hydrogen) atoms. The normalized spacial score (nSPS) is 1.50. The average molecular weight is 144 g/mol. The molecule has 0 unspecified atom stereocenters. The van der Waals surface area contributed by atoms with Crippen LogP contribution in [0.5, 0.6) is 0 Å². The van der Waals surface area contributed by atoms with Crippen LogP contribution in [0.2, 0.25) is 0 Å². The van der Waals surface area contributed by atoms with E-state index in [9.17, 15) is 0 Å². The van der Waals surface area contributed by atoms with Gasteiger partial charge in [0, 0.05) is 17.1 Å². The molecule has 4 heteroatoms. The van der Waals surface area contributed by atoms with Gasteiger partial charge in [0.25, 0.3) is 0 Å². The molecule has 0 spiro atoms. The second kappa shape index (κ2) is 24.0. The Morgan fingerprint density at radius 2 is 1.25 bits per heavy atom. The molecule has 0 rings (SSSR count). The molecule has 0 aromatic rings. The van der Waals surface area contributed by atoms with Crippen LogP contribution >= 0.6 is 0 Å². The standard InChI is InChI=1S/Li.Mn.O.Zn.H. The molecule has 0 bridgehead atoms. The second-order valence-corrected chi connectivity index (χ2v) is 0. The van der Waals surface area contributed by atoms with E-state index in [-0.39, 0.29) is 54.2 Å². The Morgan fingerprint density at radius 1 is 1.25 bits per heavy atom. The van der Waals surface area contributed by atoms with Gasteiger partial charge >= 0.3 is 40.7 Å². The predicted molar refractivity (Wildman–Crippen MR) is 7.84 cm³/mol. The van der Waals surface area contributed by atoms with Crippen molar-refractivity contribution in [3.63, 3.8) is 0 Å². The van der Waals surface area contributed by atoms with E-state index in [0.717, 1.165) is 0 Å². The van der Waals surface area contributed by atoms with Gasteiger partial charge < -0.3 is 0 Å². The minimum absolute atomic E-state index is 0. The molecule has 0 aliphatic heterocycles. The van der Waals surface area contributed by atoms with Gasteiger partial charge in [-0.3, -0.25) is 0 Å². The molecule has 0 amide bonds. The Hall–Kier alpha value is 1.54. The van der Waals surface area contributed by atoms with Crippen molar-refractivity contribution in [2.45, 2.75) is 0 Å². The molecule has 0 N–H and O–H groups in total. The van der Waals surface area contributed by atoms with Crippen molar-refractivity contribution >= 4 is 18.9 Å². The van der Waals surface area contributed by atoms with Gasteiger partial charge in [0.2, 0.25) is 0 Å². The topological polar surface area (TPSA) is 17.1 Å². The van der Waals surface area contributed by atoms with Gasteiger partial charge in [-0.1, -0.05) is 0 Å². The molecule has 0 heterocycles. The molecule has 0 aromatic heterocycles. The SMILES string of the molecule is [LiH].[Mn].[O]=[Zn]. The van der Waals surface area contributed by atoms with Crippen molar-refractivity contribution < 1.29 is 38.9 Å². The summed E-state index contributed by atoms with van der Waals surface area (Å²) < 4.78 is 8.38. The zero-order chi connectivity index (χ0) is 2.00. The fraction of sp³-hybridized carbons (Fsp3) is 0. The van der Waals surface area contributed by atoms with E-state index in [1.54, 1.807) is 0 Å². The molecular weight excluding hydrogens is 143 g/mol. The summed E-state index contributed by atoms with van der Waals surface area (Å²) >= 11 is 0.125. The Morgan fingerprint density at radius 3 is 1.25 bits per heavy atom. The van der Waals surface area contributed by atoms with Crippen LogP contribution in [0.25, 0.3) is 0 Å². The van der Waals surface area contributed by atoms with E-state index >= 15 is 0 Å². The zero-order valence-corrected chi connectivity index (χ0v) is 5.64. The number of hydrogen-bond donors (Lipinski definition) is 0. The summed E-state index contributed by atoms with van der Waals surface area (Å²) in [6.07, 6.45) is 0. The van der Waals surface area contributed by atoms with Gasteiger partial charge in [-0.15, -0.1) is 0 Å². The maximum absolute atomic E-state index is 8.38. The van der Waals surface area contributed by atoms with Crippen molar-refractivity contribution in [3.8, 4) is 0 Å². The summed E-state index contributed by atoms with van der Waals surface area (Å²) in [4.78, 5) is 0. The van der Waals surface area contributed by atoms with Crippen molar-refractivity contribution in [3.05, 3.63) is 0 Å². The molecule has 0 aliphatic carbocycles. The summed E-state index contributed by atoms with van der Waals surface area (Å²) in [7, 11) is 0. The summed E-state index contributed by atoms with van der Waals surface area (Å²) in [5.74, 6) is 0. The van der Waals surface area contributed by atoms with Crippen molar-refractivity contribution in [1.29, 1.82) is 0 Å². The summed E-state index contributed by atoms with van der Waals surface area (Å²) in [5.41, 5.74) is 0. The Kier molecular flexibility index (Phi) is 106. The Bertz CT molecular complexity index is 8.00. The molecule has 0 aliphatic rings. The molecule has 1 nitrogen and oxygen atoms in total. The third kappa shape index (κ3) is 9.63. The van der Waals surface area contributed by atoms with Crippen molar-refractivity contribution in [2.24, 2.45) is 0 Å². The molecule has 0 atom stereocenters. The third-order valence-electron chi connectivity index (χ3n) is 0. The first-order valence-corrected chi connectivity index (χ1v) is 1.50. The maximum atomic E-state index is 8.38. The van der Waals surface area contributed by atoms with Crippen LogP contribution in [0.3, 0.4) is 0 Å². The summed E-state index contributed by atoms with van der Waals surface area (Å²) in [5, 5.41) is 0. The molecule has 0 fully saturated rings. The summed E-state index contributed by atoms with van der Waals surface area (Å²) in [6, 6.07) is 0. The first-order chi connectivity index (χ1) is 1.00. The number of hydrogen-bond acceptors (Lipinski definition) is 1. The van der Waals surface area contributed by atoms with Gasteiger partial charge in [0.05, 0.1) is 0 Å². The van der Waals surface area contributed by atoms with Crippen LogP contribution in [-0.2, 0) is 38.9 Å². The van der Waals surface area contributed by atoms with Crippen LogP contribution < -0.4 is 0 Å². The predicted octanol–water partition coefficient (Wildman–Crippen LogP) is -0.772. The van der Waals surface area contributed by atoms with Gasteiger partial charge in [0.1, 0.15) is 0 Å². The third-order valence-corrected chi connectivity index (χ3v) is 0. The van der Waals surface area contributed by atoms with Crippen LogP contribution in [-0.4, -0.2) is 18.9 Å². The number of rotatable bonds is 0. The zero-order valence-electron chi connectivity index (χ0n) is 1.49. The Labute approximate surface area is 57.5 Å². The van der Waals surface area contributed by atoms with Crippen LogP contribution in [0.4, 0.5) is 0 Å². The van der Waals surface area contributed by atoms with Gasteiger partial charge in [-0.05, 0) is 0 Å². The molecule has 0 saturated heterocycles. The summed E-state index contributed by atoms with van der Waals surface area (Å²) in [6.45, 7) is 0. The molecule has 1 radical (unpaired) electrons. The fourth-order valence-electron chi connectivity index (χ4n) is 0. The minimum atomic E-state index is 0. The van der Waals surface area contributed by atoms with E-state index in [1.165, 1.54) is 0 Å². The first-order valence-electron chi connectivity index (χ1n) is 0.289. The second-order valence-electron chi connectivity index (χ2n) is 0. The van der Waals surface area contributed by atoms with Crippen LogP contribution in [0.1, 0.15) is 0 Å². The molecular formula is HLiMnOZn. The van der Waals surface area contributed by atoms with Gasteiger partial charge in [-0.2, -0.15) is 0 Å². The van der Waals surface area contributed by atoms with Gasteiger partial charge in [-0.25, -0.2) is 0 Å². The van der Waals surface area contributed by atoms with Crippen LogP contribution in [0.15, 0.2) is 0 Å². The van der Waals surface area contributed by atoms with Crippen LogP contribution in [0, 0.1) is 0 Å². The van der Waals surface area contributed by atoms with E-state index in [2.05, 4.69) is 0 Å². The monoisotopic (exact) mass is 143 g/mol. The average Bonchev–Trinajstić information content (AvgIpc) is 1.00. The molecule has 17 valence electrons. The van der Waals surface area contributed by atoms with E-state index in [4.69, 9.17) is 3.57 Å². The van der Waals surface area contributed by atoms with E-state index < -0.39 is 0 Å². The van der Waals surface area contributed by atoms with Crippen molar-refractivity contribution in [1.82, 2.24) is 0 Å². The van der Waals surface area contributed by atoms with Gasteiger partial charge in [0.15, 0.2) is 0 Å². The van der Waals surface area contributed by atoms with E-state index in [1.807, 2.05) is 0 Å². The molecule has 0 saturated carbocycles. The quantitative estimate of drug-likeness (QED) is 0.408. The first kappa shape index (κ1) is 17.7.